The van der Waals surface area contributed by atoms with Crippen molar-refractivity contribution in [1.82, 2.24) is 5.09 Å². The van der Waals surface area contributed by atoms with E-state index < -0.39 is 8.30 Å². The van der Waals surface area contributed by atoms with Gasteiger partial charge in [0.1, 0.15) is 5.75 Å². The maximum absolute atomic E-state index is 6.49. The maximum atomic E-state index is 6.49. The Morgan fingerprint density at radius 3 is 1.93 bits per heavy atom. The van der Waals surface area contributed by atoms with Gasteiger partial charge in [0.2, 0.25) is 0 Å². The summed E-state index contributed by atoms with van der Waals surface area (Å²) < 4.78 is 6.49. The van der Waals surface area contributed by atoms with Gasteiger partial charge >= 0.3 is 0 Å². The Kier molecular flexibility index (Phi) is 6.82. The number of fused-ring (bicyclic) bond motifs is 3. The minimum Gasteiger partial charge on any atom is -0.453 e. The summed E-state index contributed by atoms with van der Waals surface area (Å²) in [6.07, 6.45) is 15.2. The molecule has 1 saturated carbocycles. The molecule has 4 rings (SSSR count). The number of hydrogen-bond acceptors (Lipinski definition) is 2. The van der Waals surface area contributed by atoms with Crippen molar-refractivity contribution in [2.24, 2.45) is 0 Å². The number of nitrogens with one attached hydrogen (secondary N) is 1. The van der Waals surface area contributed by atoms with Crippen LogP contribution in [-0.2, 0) is 0 Å². The van der Waals surface area contributed by atoms with Crippen LogP contribution in [0.2, 0.25) is 0 Å². The molecule has 1 heterocycles. The lowest BCUT2D eigenvalue weighted by atomic mass is 9.98. The van der Waals surface area contributed by atoms with Gasteiger partial charge in [-0.15, -0.1) is 0 Å². The Labute approximate surface area is 165 Å². The maximum Gasteiger partial charge on any atom is 0.195 e. The number of benzene rings is 2. The molecular formula is C24H32NOP. The summed E-state index contributed by atoms with van der Waals surface area (Å²) >= 11 is 0. The molecule has 0 saturated heterocycles. The van der Waals surface area contributed by atoms with Gasteiger partial charge in [0, 0.05) is 16.9 Å². The molecule has 0 spiro atoms. The Bertz CT molecular complexity index is 720. The van der Waals surface area contributed by atoms with Gasteiger partial charge in [-0.25, -0.2) is 0 Å². The summed E-state index contributed by atoms with van der Waals surface area (Å²) in [4.78, 5) is 0. The fraction of sp³-hybridized carbons (Fsp3) is 0.500. The van der Waals surface area contributed by atoms with E-state index in [4.69, 9.17) is 4.52 Å². The molecular weight excluding hydrogens is 349 g/mol. The Morgan fingerprint density at radius 1 is 0.667 bits per heavy atom. The van der Waals surface area contributed by atoms with E-state index in [1.54, 1.807) is 0 Å². The molecule has 1 atom stereocenters. The topological polar surface area (TPSA) is 21.3 Å². The molecule has 1 unspecified atom stereocenters. The molecule has 2 aromatic rings. The van der Waals surface area contributed by atoms with E-state index in [0.29, 0.717) is 6.04 Å². The van der Waals surface area contributed by atoms with Crippen LogP contribution in [0.15, 0.2) is 48.5 Å². The number of para-hydroxylation sites is 1. The molecule has 0 bridgehead atoms. The molecule has 27 heavy (non-hydrogen) atoms. The van der Waals surface area contributed by atoms with Gasteiger partial charge in [-0.2, -0.15) is 0 Å². The standard InChI is InChI=1S/C24H32NOP/c1-2-4-6-8-14-20(15-9-7-5-3-1)25-27-24-19-13-11-17-22(24)21-16-10-12-18-23(21)26-27/h10-13,16-20,25H,1-9,14-15H2. The van der Waals surface area contributed by atoms with Crippen molar-refractivity contribution in [2.45, 2.75) is 76.7 Å². The van der Waals surface area contributed by atoms with Gasteiger partial charge in [0.15, 0.2) is 8.30 Å². The fourth-order valence-electron chi connectivity index (χ4n) is 4.35. The third-order valence-electron chi connectivity index (χ3n) is 5.89. The molecule has 1 fully saturated rings. The van der Waals surface area contributed by atoms with E-state index in [1.807, 2.05) is 0 Å². The van der Waals surface area contributed by atoms with Crippen LogP contribution in [0.4, 0.5) is 0 Å². The Balaban J connectivity index is 1.49. The average Bonchev–Trinajstić information content (AvgIpc) is 2.70. The first-order chi connectivity index (χ1) is 13.4. The Hall–Kier alpha value is -1.37. The monoisotopic (exact) mass is 381 g/mol. The zero-order chi connectivity index (χ0) is 18.3. The molecule has 3 heteroatoms. The summed E-state index contributed by atoms with van der Waals surface area (Å²) in [5, 5.41) is 5.29. The minimum absolute atomic E-state index is 0.578. The molecule has 144 valence electrons. The lowest BCUT2D eigenvalue weighted by Gasteiger charge is -2.31. The zero-order valence-corrected chi connectivity index (χ0v) is 17.2. The van der Waals surface area contributed by atoms with Crippen LogP contribution in [0.1, 0.15) is 70.6 Å². The normalized spacial score (nSPS) is 21.9. The highest BCUT2D eigenvalue weighted by atomic mass is 31.2. The molecule has 0 amide bonds. The van der Waals surface area contributed by atoms with E-state index in [0.717, 1.165) is 5.75 Å². The largest absolute Gasteiger partial charge is 0.453 e. The first kappa shape index (κ1) is 19.0. The van der Waals surface area contributed by atoms with Crippen LogP contribution in [0, 0.1) is 0 Å². The molecule has 1 aliphatic heterocycles. The van der Waals surface area contributed by atoms with Crippen molar-refractivity contribution in [3.8, 4) is 16.9 Å². The van der Waals surface area contributed by atoms with Gasteiger partial charge in [0.25, 0.3) is 0 Å². The second-order valence-corrected chi connectivity index (χ2v) is 9.50. The van der Waals surface area contributed by atoms with Crippen LogP contribution in [0.5, 0.6) is 5.75 Å². The molecule has 2 nitrogen and oxygen atoms in total. The summed E-state index contributed by atoms with van der Waals surface area (Å²) in [6, 6.07) is 17.8. The van der Waals surface area contributed by atoms with Crippen LogP contribution in [0.3, 0.4) is 0 Å². The van der Waals surface area contributed by atoms with Gasteiger partial charge in [-0.3, -0.25) is 5.09 Å². The SMILES string of the molecule is c1ccc2c(c1)OP(NC1CCCCCCCCCCC1)c1ccccc1-2. The quantitative estimate of drug-likeness (QED) is 0.569. The second-order valence-electron chi connectivity index (χ2n) is 7.98. The third kappa shape index (κ3) is 4.92. The van der Waals surface area contributed by atoms with Crippen molar-refractivity contribution < 1.29 is 4.52 Å². The highest BCUT2D eigenvalue weighted by molar-refractivity contribution is 7.59. The van der Waals surface area contributed by atoms with Crippen molar-refractivity contribution in [3.05, 3.63) is 48.5 Å². The first-order valence-electron chi connectivity index (χ1n) is 10.8. The molecule has 2 aliphatic rings. The summed E-state index contributed by atoms with van der Waals surface area (Å²) in [5.74, 6) is 1.03. The van der Waals surface area contributed by atoms with Gasteiger partial charge < -0.3 is 4.52 Å². The summed E-state index contributed by atoms with van der Waals surface area (Å²) in [7, 11) is -0.795. The number of rotatable bonds is 2. The van der Waals surface area contributed by atoms with E-state index in [1.165, 1.54) is 87.1 Å². The van der Waals surface area contributed by atoms with Crippen LogP contribution in [-0.4, -0.2) is 6.04 Å². The highest BCUT2D eigenvalue weighted by Crippen LogP contribution is 2.46. The smallest absolute Gasteiger partial charge is 0.195 e. The van der Waals surface area contributed by atoms with Crippen molar-refractivity contribution in [3.63, 3.8) is 0 Å². The van der Waals surface area contributed by atoms with E-state index in [2.05, 4.69) is 53.6 Å². The summed E-state index contributed by atoms with van der Waals surface area (Å²) in [6.45, 7) is 0. The molecule has 1 aliphatic carbocycles. The van der Waals surface area contributed by atoms with Gasteiger partial charge in [-0.1, -0.05) is 94.2 Å². The van der Waals surface area contributed by atoms with Crippen molar-refractivity contribution in [1.29, 1.82) is 0 Å². The highest BCUT2D eigenvalue weighted by Gasteiger charge is 2.28. The zero-order valence-electron chi connectivity index (χ0n) is 16.3. The van der Waals surface area contributed by atoms with Crippen molar-refractivity contribution in [2.75, 3.05) is 0 Å². The van der Waals surface area contributed by atoms with Crippen LogP contribution < -0.4 is 14.9 Å². The minimum atomic E-state index is -0.795. The Morgan fingerprint density at radius 2 is 1.22 bits per heavy atom. The lowest BCUT2D eigenvalue weighted by molar-refractivity contribution is 0.441. The van der Waals surface area contributed by atoms with Gasteiger partial charge in [0.05, 0.1) is 0 Å². The second kappa shape index (κ2) is 9.71. The predicted molar refractivity (Wildman–Crippen MR) is 117 cm³/mol. The molecule has 1 N–H and O–H groups in total. The first-order valence-corrected chi connectivity index (χ1v) is 12.1. The fourth-order valence-corrected chi connectivity index (χ4v) is 6.22. The molecule has 0 radical (unpaired) electrons. The average molecular weight is 382 g/mol. The van der Waals surface area contributed by atoms with Crippen molar-refractivity contribution >= 4 is 13.6 Å². The van der Waals surface area contributed by atoms with E-state index >= 15 is 0 Å². The molecule has 0 aromatic heterocycles. The number of hydrogen-bond donors (Lipinski definition) is 1. The van der Waals surface area contributed by atoms with Crippen LogP contribution >= 0.6 is 8.30 Å². The van der Waals surface area contributed by atoms with Crippen LogP contribution in [0.25, 0.3) is 11.1 Å². The van der Waals surface area contributed by atoms with E-state index in [9.17, 15) is 0 Å². The summed E-state index contributed by atoms with van der Waals surface area (Å²) in [5.41, 5.74) is 2.57. The van der Waals surface area contributed by atoms with E-state index in [-0.39, 0.29) is 0 Å². The third-order valence-corrected chi connectivity index (χ3v) is 7.70. The lowest BCUT2D eigenvalue weighted by Crippen LogP contribution is -2.32. The molecule has 2 aromatic carbocycles. The van der Waals surface area contributed by atoms with Gasteiger partial charge in [-0.05, 0) is 30.5 Å². The predicted octanol–water partition coefficient (Wildman–Crippen LogP) is 6.95.